The normalized spacial score (nSPS) is 22.1. The molecule has 0 spiro atoms. The number of hydrogen-bond donors (Lipinski definition) is 1. The maximum atomic E-state index is 12.6. The molecule has 0 aromatic heterocycles. The number of carbonyl (C=O) groups is 1. The molecule has 2 fully saturated rings. The van der Waals surface area contributed by atoms with E-state index in [0.717, 1.165) is 18.9 Å². The molecular weight excluding hydrogens is 276 g/mol. The number of ether oxygens (including phenoxy) is 1. The zero-order valence-corrected chi connectivity index (χ0v) is 11.4. The van der Waals surface area contributed by atoms with Gasteiger partial charge in [0.05, 0.1) is 24.2 Å². The Labute approximate surface area is 121 Å². The van der Waals surface area contributed by atoms with Gasteiger partial charge in [0.15, 0.2) is 5.75 Å². The summed E-state index contributed by atoms with van der Waals surface area (Å²) in [5.74, 6) is -0.197. The number of amides is 1. The van der Waals surface area contributed by atoms with Gasteiger partial charge >= 0.3 is 5.69 Å². The topological polar surface area (TPSA) is 92.9 Å². The van der Waals surface area contributed by atoms with E-state index in [9.17, 15) is 20.0 Å². The Morgan fingerprint density at radius 2 is 2.19 bits per heavy atom. The third kappa shape index (κ3) is 2.69. The van der Waals surface area contributed by atoms with Crippen LogP contribution in [0.1, 0.15) is 23.2 Å². The number of hydrogen-bond acceptors (Lipinski definition) is 5. The number of benzene rings is 1. The Balaban J connectivity index is 1.86. The highest BCUT2D eigenvalue weighted by Gasteiger charge is 2.39. The van der Waals surface area contributed by atoms with E-state index in [2.05, 4.69) is 0 Å². The molecule has 0 unspecified atom stereocenters. The van der Waals surface area contributed by atoms with Crippen molar-refractivity contribution in [1.29, 1.82) is 0 Å². The maximum Gasteiger partial charge on any atom is 0.311 e. The second kappa shape index (κ2) is 5.33. The number of nitro groups is 1. The quantitative estimate of drug-likeness (QED) is 0.674. The Morgan fingerprint density at radius 3 is 2.86 bits per heavy atom. The highest BCUT2D eigenvalue weighted by atomic mass is 16.6. The van der Waals surface area contributed by atoms with Gasteiger partial charge in [-0.15, -0.1) is 0 Å². The minimum absolute atomic E-state index is 0.0547. The van der Waals surface area contributed by atoms with Gasteiger partial charge in [-0.25, -0.2) is 0 Å². The van der Waals surface area contributed by atoms with Crippen LogP contribution in [0.25, 0.3) is 0 Å². The number of phenols is 1. The largest absolute Gasteiger partial charge is 0.502 e. The van der Waals surface area contributed by atoms with Crippen LogP contribution in [0.5, 0.6) is 5.75 Å². The van der Waals surface area contributed by atoms with Gasteiger partial charge in [-0.3, -0.25) is 14.9 Å². The van der Waals surface area contributed by atoms with Crippen molar-refractivity contribution in [3.63, 3.8) is 0 Å². The van der Waals surface area contributed by atoms with Crippen LogP contribution in [0.2, 0.25) is 0 Å². The summed E-state index contributed by atoms with van der Waals surface area (Å²) in [5.41, 5.74) is -0.218. The summed E-state index contributed by atoms with van der Waals surface area (Å²) in [6, 6.07) is 3.80. The molecule has 112 valence electrons. The number of aromatic hydroxyl groups is 1. The van der Waals surface area contributed by atoms with E-state index >= 15 is 0 Å². The van der Waals surface area contributed by atoms with Crippen LogP contribution >= 0.6 is 0 Å². The average Bonchev–Trinajstić information content (AvgIpc) is 3.31. The molecule has 1 amide bonds. The van der Waals surface area contributed by atoms with Gasteiger partial charge in [0, 0.05) is 18.2 Å². The second-order valence-corrected chi connectivity index (χ2v) is 5.44. The van der Waals surface area contributed by atoms with Crippen molar-refractivity contribution in [2.75, 3.05) is 19.8 Å². The molecule has 1 aromatic carbocycles. The summed E-state index contributed by atoms with van der Waals surface area (Å²) >= 11 is 0. The minimum Gasteiger partial charge on any atom is -0.502 e. The van der Waals surface area contributed by atoms with Crippen LogP contribution in [0.3, 0.4) is 0 Å². The smallest absolute Gasteiger partial charge is 0.311 e. The molecule has 0 radical (unpaired) electrons. The number of phenolic OH excluding ortho intramolecular Hbond substituents is 1. The van der Waals surface area contributed by atoms with Crippen molar-refractivity contribution in [2.24, 2.45) is 5.92 Å². The molecule has 21 heavy (non-hydrogen) atoms. The summed E-state index contributed by atoms with van der Waals surface area (Å²) in [4.78, 5) is 24.5. The Kier molecular flexibility index (Phi) is 3.50. The lowest BCUT2D eigenvalue weighted by Crippen LogP contribution is -2.49. The van der Waals surface area contributed by atoms with E-state index in [1.807, 2.05) is 0 Å². The number of nitrogens with zero attached hydrogens (tertiary/aromatic N) is 2. The SMILES string of the molecule is O=C(c1ccc(O)c([N+](=O)[O-])c1)N1CCOC[C@H]1C1CC1. The summed E-state index contributed by atoms with van der Waals surface area (Å²) in [6.45, 7) is 1.50. The van der Waals surface area contributed by atoms with Crippen LogP contribution in [0.15, 0.2) is 18.2 Å². The van der Waals surface area contributed by atoms with Crippen LogP contribution in [-0.2, 0) is 4.74 Å². The Bertz CT molecular complexity index is 585. The maximum absolute atomic E-state index is 12.6. The lowest BCUT2D eigenvalue weighted by molar-refractivity contribution is -0.385. The van der Waals surface area contributed by atoms with Gasteiger partial charge < -0.3 is 14.7 Å². The van der Waals surface area contributed by atoms with Crippen LogP contribution in [0.4, 0.5) is 5.69 Å². The summed E-state index contributed by atoms with van der Waals surface area (Å²) < 4.78 is 5.44. The van der Waals surface area contributed by atoms with Gasteiger partial charge in [-0.2, -0.15) is 0 Å². The van der Waals surface area contributed by atoms with E-state index in [4.69, 9.17) is 4.74 Å². The van der Waals surface area contributed by atoms with E-state index in [-0.39, 0.29) is 17.5 Å². The lowest BCUT2D eigenvalue weighted by Gasteiger charge is -2.36. The molecular formula is C14H16N2O5. The minimum atomic E-state index is -0.691. The molecule has 2 aliphatic rings. The fourth-order valence-corrected chi connectivity index (χ4v) is 2.72. The van der Waals surface area contributed by atoms with Gasteiger partial charge in [-0.05, 0) is 30.9 Å². The lowest BCUT2D eigenvalue weighted by atomic mass is 10.1. The Morgan fingerprint density at radius 1 is 1.43 bits per heavy atom. The van der Waals surface area contributed by atoms with Gasteiger partial charge in [0.2, 0.25) is 0 Å². The molecule has 7 nitrogen and oxygen atoms in total. The molecule has 1 N–H and O–H groups in total. The van der Waals surface area contributed by atoms with E-state index in [1.165, 1.54) is 12.1 Å². The first-order valence-corrected chi connectivity index (χ1v) is 6.94. The van der Waals surface area contributed by atoms with Crippen molar-refractivity contribution >= 4 is 11.6 Å². The zero-order valence-electron chi connectivity index (χ0n) is 11.4. The molecule has 7 heteroatoms. The van der Waals surface area contributed by atoms with E-state index in [1.54, 1.807) is 4.90 Å². The number of carbonyl (C=O) groups excluding carboxylic acids is 1. The number of rotatable bonds is 3. The van der Waals surface area contributed by atoms with Crippen molar-refractivity contribution in [2.45, 2.75) is 18.9 Å². The predicted molar refractivity (Wildman–Crippen MR) is 73.1 cm³/mol. The Hall–Kier alpha value is -2.15. The van der Waals surface area contributed by atoms with Gasteiger partial charge in [0.25, 0.3) is 5.91 Å². The predicted octanol–water partition coefficient (Wildman–Crippen LogP) is 1.55. The molecule has 1 heterocycles. The van der Waals surface area contributed by atoms with Crippen LogP contribution < -0.4 is 0 Å². The summed E-state index contributed by atoms with van der Waals surface area (Å²) in [5, 5.41) is 20.3. The van der Waals surface area contributed by atoms with Gasteiger partial charge in [-0.1, -0.05) is 0 Å². The molecule has 1 atom stereocenters. The zero-order chi connectivity index (χ0) is 15.0. The summed E-state index contributed by atoms with van der Waals surface area (Å²) in [7, 11) is 0. The van der Waals surface area contributed by atoms with Crippen molar-refractivity contribution in [3.05, 3.63) is 33.9 Å². The van der Waals surface area contributed by atoms with Crippen molar-refractivity contribution in [3.8, 4) is 5.75 Å². The molecule has 3 rings (SSSR count). The fraction of sp³-hybridized carbons (Fsp3) is 0.500. The highest BCUT2D eigenvalue weighted by molar-refractivity contribution is 5.95. The summed E-state index contributed by atoms with van der Waals surface area (Å²) in [6.07, 6.45) is 2.18. The molecule has 0 bridgehead atoms. The number of nitro benzene ring substituents is 1. The molecule has 1 aliphatic carbocycles. The highest BCUT2D eigenvalue weighted by Crippen LogP contribution is 2.37. The van der Waals surface area contributed by atoms with Gasteiger partial charge in [0.1, 0.15) is 0 Å². The fourth-order valence-electron chi connectivity index (χ4n) is 2.72. The first kappa shape index (κ1) is 13.8. The second-order valence-electron chi connectivity index (χ2n) is 5.44. The monoisotopic (exact) mass is 292 g/mol. The van der Waals surface area contributed by atoms with Crippen molar-refractivity contribution in [1.82, 2.24) is 4.90 Å². The first-order valence-electron chi connectivity index (χ1n) is 6.94. The molecule has 1 aliphatic heterocycles. The number of morpholine rings is 1. The van der Waals surface area contributed by atoms with E-state index < -0.39 is 16.4 Å². The third-order valence-electron chi connectivity index (χ3n) is 4.01. The molecule has 1 saturated heterocycles. The first-order chi connectivity index (χ1) is 10.1. The standard InChI is InChI=1S/C14H16N2O5/c17-13-4-3-10(7-11(13)16(19)20)14(18)15-5-6-21-8-12(15)9-1-2-9/h3-4,7,9,12,17H,1-2,5-6,8H2/t12-/m0/s1. The third-order valence-corrected chi connectivity index (χ3v) is 4.01. The molecule has 1 aromatic rings. The average molecular weight is 292 g/mol. The van der Waals surface area contributed by atoms with E-state index in [0.29, 0.717) is 25.7 Å². The van der Waals surface area contributed by atoms with Crippen LogP contribution in [-0.4, -0.2) is 46.6 Å². The van der Waals surface area contributed by atoms with Crippen molar-refractivity contribution < 1.29 is 19.6 Å². The molecule has 1 saturated carbocycles. The van der Waals surface area contributed by atoms with Crippen LogP contribution in [0, 0.1) is 16.0 Å².